The summed E-state index contributed by atoms with van der Waals surface area (Å²) in [6, 6.07) is 8.77. The predicted octanol–water partition coefficient (Wildman–Crippen LogP) is 2.02. The molecule has 3 heteroatoms. The summed E-state index contributed by atoms with van der Waals surface area (Å²) in [6.45, 7) is 5.21. The van der Waals surface area contributed by atoms with E-state index in [1.54, 1.807) is 0 Å². The summed E-state index contributed by atoms with van der Waals surface area (Å²) in [4.78, 5) is 0. The Morgan fingerprint density at radius 2 is 1.94 bits per heavy atom. The van der Waals surface area contributed by atoms with Gasteiger partial charge >= 0.3 is 0 Å². The molecular formula is C13H19NOS. The number of nitrogens with one attached hydrogen (secondary N) is 1. The van der Waals surface area contributed by atoms with Crippen molar-refractivity contribution in [1.82, 2.24) is 5.32 Å². The number of hydrogen-bond donors (Lipinski definition) is 1. The van der Waals surface area contributed by atoms with Crippen LogP contribution in [0.4, 0.5) is 0 Å². The highest BCUT2D eigenvalue weighted by Crippen LogP contribution is 2.18. The third-order valence-corrected chi connectivity index (χ3v) is 4.66. The molecule has 0 aromatic heterocycles. The molecule has 0 saturated carbocycles. The normalized spacial score (nSPS) is 31.0. The van der Waals surface area contributed by atoms with Crippen LogP contribution in [0.25, 0.3) is 0 Å². The van der Waals surface area contributed by atoms with Crippen molar-refractivity contribution >= 4 is 10.8 Å². The number of benzene rings is 1. The van der Waals surface area contributed by atoms with Gasteiger partial charge in [-0.2, -0.15) is 0 Å². The topological polar surface area (TPSA) is 29.1 Å². The van der Waals surface area contributed by atoms with Gasteiger partial charge in [0.05, 0.1) is 0 Å². The van der Waals surface area contributed by atoms with E-state index in [0.717, 1.165) is 18.1 Å². The first-order valence-corrected chi connectivity index (χ1v) is 7.29. The molecule has 1 heterocycles. The highest BCUT2D eigenvalue weighted by molar-refractivity contribution is 7.85. The van der Waals surface area contributed by atoms with Gasteiger partial charge in [0.2, 0.25) is 0 Å². The lowest BCUT2D eigenvalue weighted by atomic mass is 10.1. The Labute approximate surface area is 99.9 Å². The Morgan fingerprint density at radius 3 is 2.62 bits per heavy atom. The van der Waals surface area contributed by atoms with Gasteiger partial charge in [-0.3, -0.25) is 4.21 Å². The van der Waals surface area contributed by atoms with Gasteiger partial charge in [-0.25, -0.2) is 0 Å². The van der Waals surface area contributed by atoms with Crippen molar-refractivity contribution < 1.29 is 4.21 Å². The van der Waals surface area contributed by atoms with Crippen LogP contribution in [0.1, 0.15) is 24.1 Å². The van der Waals surface area contributed by atoms with Gasteiger partial charge < -0.3 is 5.32 Å². The Kier molecular flexibility index (Phi) is 3.77. The van der Waals surface area contributed by atoms with Crippen LogP contribution in [0.15, 0.2) is 24.3 Å². The van der Waals surface area contributed by atoms with Crippen LogP contribution >= 0.6 is 0 Å². The fraction of sp³-hybridized carbons (Fsp3) is 0.538. The summed E-state index contributed by atoms with van der Waals surface area (Å²) in [5.74, 6) is 2.08. The van der Waals surface area contributed by atoms with Crippen molar-refractivity contribution in [2.75, 3.05) is 18.1 Å². The standard InChI is InChI=1S/C13H19NOS/c1-10-3-5-12(6-4-10)13-9-16(15)8-11(2)7-14-13/h3-6,11,13-14H,7-9H2,1-2H3. The average molecular weight is 237 g/mol. The molecule has 1 aromatic rings. The Morgan fingerprint density at radius 1 is 1.25 bits per heavy atom. The molecule has 3 unspecified atom stereocenters. The first kappa shape index (κ1) is 11.8. The van der Waals surface area contributed by atoms with Crippen LogP contribution in [0, 0.1) is 12.8 Å². The average Bonchev–Trinajstić information content (AvgIpc) is 2.41. The van der Waals surface area contributed by atoms with E-state index in [2.05, 4.69) is 43.4 Å². The number of rotatable bonds is 1. The maximum Gasteiger partial charge on any atom is 0.0436 e. The largest absolute Gasteiger partial charge is 0.309 e. The van der Waals surface area contributed by atoms with E-state index in [4.69, 9.17) is 0 Å². The van der Waals surface area contributed by atoms with E-state index in [-0.39, 0.29) is 6.04 Å². The van der Waals surface area contributed by atoms with E-state index in [9.17, 15) is 4.21 Å². The lowest BCUT2D eigenvalue weighted by Crippen LogP contribution is -2.25. The van der Waals surface area contributed by atoms with Crippen LogP contribution in [-0.4, -0.2) is 22.3 Å². The molecule has 3 atom stereocenters. The van der Waals surface area contributed by atoms with E-state index >= 15 is 0 Å². The van der Waals surface area contributed by atoms with Crippen LogP contribution < -0.4 is 5.32 Å². The molecule has 2 rings (SSSR count). The van der Waals surface area contributed by atoms with E-state index in [1.165, 1.54) is 11.1 Å². The zero-order valence-electron chi connectivity index (χ0n) is 9.90. The number of hydrogen-bond acceptors (Lipinski definition) is 2. The summed E-state index contributed by atoms with van der Waals surface area (Å²) in [5, 5.41) is 3.50. The molecule has 1 aromatic carbocycles. The minimum atomic E-state index is -0.686. The van der Waals surface area contributed by atoms with Crippen molar-refractivity contribution in [2.24, 2.45) is 5.92 Å². The molecule has 1 aliphatic heterocycles. The van der Waals surface area contributed by atoms with Gasteiger partial charge in [-0.15, -0.1) is 0 Å². The third-order valence-electron chi connectivity index (χ3n) is 3.02. The van der Waals surface area contributed by atoms with Gasteiger partial charge in [0, 0.05) is 28.3 Å². The van der Waals surface area contributed by atoms with Gasteiger partial charge in [0.25, 0.3) is 0 Å². The van der Waals surface area contributed by atoms with E-state index in [1.807, 2.05) is 0 Å². The van der Waals surface area contributed by atoms with E-state index in [0.29, 0.717) is 5.92 Å². The van der Waals surface area contributed by atoms with Crippen molar-refractivity contribution in [2.45, 2.75) is 19.9 Å². The van der Waals surface area contributed by atoms with Crippen molar-refractivity contribution in [1.29, 1.82) is 0 Å². The van der Waals surface area contributed by atoms with Gasteiger partial charge in [-0.1, -0.05) is 36.8 Å². The third kappa shape index (κ3) is 2.92. The van der Waals surface area contributed by atoms with Crippen LogP contribution in [0.5, 0.6) is 0 Å². The second-order valence-electron chi connectivity index (χ2n) is 4.75. The van der Waals surface area contributed by atoms with E-state index < -0.39 is 10.8 Å². The minimum Gasteiger partial charge on any atom is -0.309 e. The van der Waals surface area contributed by atoms with Crippen molar-refractivity contribution in [3.05, 3.63) is 35.4 Å². The molecule has 16 heavy (non-hydrogen) atoms. The van der Waals surface area contributed by atoms with Crippen LogP contribution in [0.3, 0.4) is 0 Å². The molecule has 1 aliphatic rings. The highest BCUT2D eigenvalue weighted by atomic mass is 32.2. The first-order chi connectivity index (χ1) is 7.65. The van der Waals surface area contributed by atoms with Crippen LogP contribution in [-0.2, 0) is 10.8 Å². The molecule has 0 amide bonds. The van der Waals surface area contributed by atoms with Gasteiger partial charge in [-0.05, 0) is 24.9 Å². The van der Waals surface area contributed by atoms with Crippen LogP contribution in [0.2, 0.25) is 0 Å². The quantitative estimate of drug-likeness (QED) is 0.809. The fourth-order valence-corrected chi connectivity index (χ4v) is 3.62. The Balaban J connectivity index is 2.14. The Hall–Kier alpha value is -0.670. The zero-order valence-corrected chi connectivity index (χ0v) is 10.7. The maximum atomic E-state index is 11.8. The Bertz CT molecular complexity index is 374. The minimum absolute atomic E-state index is 0.256. The predicted molar refractivity (Wildman–Crippen MR) is 69.0 cm³/mol. The highest BCUT2D eigenvalue weighted by Gasteiger charge is 2.21. The molecule has 0 bridgehead atoms. The monoisotopic (exact) mass is 237 g/mol. The molecule has 0 aliphatic carbocycles. The fourth-order valence-electron chi connectivity index (χ4n) is 2.05. The smallest absolute Gasteiger partial charge is 0.0436 e. The zero-order chi connectivity index (χ0) is 11.5. The molecule has 1 fully saturated rings. The maximum absolute atomic E-state index is 11.8. The molecule has 0 spiro atoms. The molecule has 1 N–H and O–H groups in total. The van der Waals surface area contributed by atoms with Crippen molar-refractivity contribution in [3.8, 4) is 0 Å². The summed E-state index contributed by atoms with van der Waals surface area (Å²) >= 11 is 0. The summed E-state index contributed by atoms with van der Waals surface area (Å²) < 4.78 is 11.8. The molecule has 2 nitrogen and oxygen atoms in total. The summed E-state index contributed by atoms with van der Waals surface area (Å²) in [7, 11) is -0.686. The summed E-state index contributed by atoms with van der Waals surface area (Å²) in [6.07, 6.45) is 0. The molecule has 0 radical (unpaired) electrons. The molecular weight excluding hydrogens is 218 g/mol. The second-order valence-corrected chi connectivity index (χ2v) is 6.30. The lowest BCUT2D eigenvalue weighted by molar-refractivity contribution is 0.517. The molecule has 88 valence electrons. The lowest BCUT2D eigenvalue weighted by Gasteiger charge is -2.16. The van der Waals surface area contributed by atoms with Gasteiger partial charge in [0.1, 0.15) is 0 Å². The van der Waals surface area contributed by atoms with Crippen molar-refractivity contribution in [3.63, 3.8) is 0 Å². The second kappa shape index (κ2) is 5.11. The first-order valence-electron chi connectivity index (χ1n) is 5.80. The SMILES string of the molecule is Cc1ccc(C2CS(=O)CC(C)CN2)cc1. The molecule has 1 saturated heterocycles. The number of aryl methyl sites for hydroxylation is 1. The summed E-state index contributed by atoms with van der Waals surface area (Å²) in [5.41, 5.74) is 2.53. The van der Waals surface area contributed by atoms with Gasteiger partial charge in [0.15, 0.2) is 0 Å².